The van der Waals surface area contributed by atoms with E-state index in [2.05, 4.69) is 34.1 Å². The molecule has 12 nitrogen and oxygen atoms in total. The summed E-state index contributed by atoms with van der Waals surface area (Å²) in [7, 11) is -1.03. The number of aryl methyl sites for hydroxylation is 2. The van der Waals surface area contributed by atoms with E-state index < -0.39 is 33.8 Å². The van der Waals surface area contributed by atoms with Gasteiger partial charge in [0, 0.05) is 17.7 Å². The first-order chi connectivity index (χ1) is 20.8. The molecule has 0 spiro atoms. The van der Waals surface area contributed by atoms with E-state index in [4.69, 9.17) is 14.0 Å². The summed E-state index contributed by atoms with van der Waals surface area (Å²) < 4.78 is 40.4. The van der Waals surface area contributed by atoms with Gasteiger partial charge in [-0.1, -0.05) is 67.1 Å². The van der Waals surface area contributed by atoms with E-state index in [0.29, 0.717) is 11.8 Å². The number of hydrogen-bond donors (Lipinski definition) is 2. The predicted octanol–water partition coefficient (Wildman–Crippen LogP) is 5.28. The zero-order chi connectivity index (χ0) is 34.4. The summed E-state index contributed by atoms with van der Waals surface area (Å²) in [5, 5.41) is 2.45. The van der Waals surface area contributed by atoms with Gasteiger partial charge in [-0.05, 0) is 59.4 Å². The van der Waals surface area contributed by atoms with Crippen LogP contribution in [0.5, 0.6) is 0 Å². The molecule has 0 bridgehead atoms. The number of nitrogens with one attached hydrogen (secondary N) is 1. The number of Topliss-reactive ketones (excluding diaryl/α,β-unsaturated/α-hetero) is 1. The number of nitrogens with zero attached hydrogens (tertiary/aromatic N) is 1. The highest BCUT2D eigenvalue weighted by atomic mass is 32.2. The van der Waals surface area contributed by atoms with Gasteiger partial charge in [-0.15, -0.1) is 0 Å². The molecule has 3 rings (SSSR count). The van der Waals surface area contributed by atoms with Crippen molar-refractivity contribution in [3.05, 3.63) is 70.8 Å². The van der Waals surface area contributed by atoms with E-state index in [1.807, 2.05) is 31.2 Å². The van der Waals surface area contributed by atoms with Crippen molar-refractivity contribution in [1.82, 2.24) is 5.32 Å². The van der Waals surface area contributed by atoms with E-state index in [1.165, 1.54) is 19.8 Å². The lowest BCUT2D eigenvalue weighted by Gasteiger charge is -2.22. The van der Waals surface area contributed by atoms with Crippen molar-refractivity contribution in [2.24, 2.45) is 4.99 Å². The zero-order valence-corrected chi connectivity index (χ0v) is 27.9. The third kappa shape index (κ3) is 17.4. The van der Waals surface area contributed by atoms with Crippen molar-refractivity contribution >= 4 is 39.6 Å². The molecular formula is C33H48N2O10S. The maximum absolute atomic E-state index is 12.2. The Balaban J connectivity index is 0.000000790. The van der Waals surface area contributed by atoms with Crippen LogP contribution in [0.4, 0.5) is 4.79 Å². The molecule has 0 radical (unpaired) electrons. The molecule has 0 unspecified atom stereocenters. The number of rotatable bonds is 8. The average molecular weight is 665 g/mol. The summed E-state index contributed by atoms with van der Waals surface area (Å²) in [6.07, 6.45) is 1.85. The van der Waals surface area contributed by atoms with Crippen molar-refractivity contribution in [1.29, 1.82) is 0 Å². The average Bonchev–Trinajstić information content (AvgIpc) is 3.44. The van der Waals surface area contributed by atoms with Crippen molar-refractivity contribution in [3.63, 3.8) is 0 Å². The highest BCUT2D eigenvalue weighted by Gasteiger charge is 2.26. The monoisotopic (exact) mass is 664 g/mol. The topological polar surface area (TPSA) is 175 Å². The fourth-order valence-corrected chi connectivity index (χ4v) is 3.86. The molecular weight excluding hydrogens is 616 g/mol. The Morgan fingerprint density at radius 2 is 1.46 bits per heavy atom. The molecule has 1 aliphatic heterocycles. The molecule has 0 saturated heterocycles. The first kappa shape index (κ1) is 41.9. The Kier molecular flexibility index (Phi) is 17.7. The summed E-state index contributed by atoms with van der Waals surface area (Å²) in [6.45, 7) is 9.16. The van der Waals surface area contributed by atoms with Crippen LogP contribution >= 0.6 is 0 Å². The molecule has 13 heteroatoms. The molecule has 2 atom stereocenters. The lowest BCUT2D eigenvalue weighted by molar-refractivity contribution is -0.143. The summed E-state index contributed by atoms with van der Waals surface area (Å²) in [5.74, 6) is -0.949. The second kappa shape index (κ2) is 19.4. The van der Waals surface area contributed by atoms with E-state index in [-0.39, 0.29) is 38.1 Å². The van der Waals surface area contributed by atoms with Crippen molar-refractivity contribution in [3.8, 4) is 0 Å². The normalized spacial score (nSPS) is 14.4. The Morgan fingerprint density at radius 1 is 0.957 bits per heavy atom. The molecule has 1 heterocycles. The Bertz CT molecular complexity index is 1420. The molecule has 0 aromatic heterocycles. The Labute approximate surface area is 272 Å². The number of esters is 2. The number of ether oxygens (including phenoxy) is 3. The highest BCUT2D eigenvalue weighted by molar-refractivity contribution is 7.85. The number of alkyl carbamates (subject to hydrolysis) is 1. The van der Waals surface area contributed by atoms with Gasteiger partial charge < -0.3 is 19.5 Å². The number of amides is 1. The van der Waals surface area contributed by atoms with E-state index >= 15 is 0 Å². The summed E-state index contributed by atoms with van der Waals surface area (Å²) in [6, 6.07) is 14.2. The van der Waals surface area contributed by atoms with E-state index in [0.717, 1.165) is 29.7 Å². The molecule has 1 aliphatic rings. The third-order valence-electron chi connectivity index (χ3n) is 6.03. The number of ketones is 1. The number of methoxy groups -OCH3 is 2. The van der Waals surface area contributed by atoms with Gasteiger partial charge in [0.1, 0.15) is 17.7 Å². The second-order valence-corrected chi connectivity index (χ2v) is 12.8. The second-order valence-electron chi connectivity index (χ2n) is 11.3. The van der Waals surface area contributed by atoms with Gasteiger partial charge in [-0.3, -0.25) is 14.3 Å². The van der Waals surface area contributed by atoms with Gasteiger partial charge in [0.05, 0.1) is 20.5 Å². The maximum Gasteiger partial charge on any atom is 0.408 e. The summed E-state index contributed by atoms with van der Waals surface area (Å²) in [4.78, 5) is 51.5. The number of carbonyl (C=O) groups is 4. The quantitative estimate of drug-likeness (QED) is 0.163. The van der Waals surface area contributed by atoms with Crippen LogP contribution in [0, 0.1) is 13.8 Å². The molecule has 2 aromatic rings. The fourth-order valence-electron chi connectivity index (χ4n) is 3.86. The molecule has 256 valence electrons. The molecule has 0 saturated carbocycles. The minimum Gasteiger partial charge on any atom is -0.467 e. The van der Waals surface area contributed by atoms with Gasteiger partial charge in [-0.25, -0.2) is 14.4 Å². The van der Waals surface area contributed by atoms with Gasteiger partial charge in [0.2, 0.25) is 0 Å². The number of aliphatic imine (C=N–C) groups is 1. The van der Waals surface area contributed by atoms with E-state index in [9.17, 15) is 27.6 Å². The fraction of sp³-hybridized carbons (Fsp3) is 0.485. The maximum atomic E-state index is 12.2. The first-order valence-corrected chi connectivity index (χ1v) is 16.0. The van der Waals surface area contributed by atoms with Crippen LogP contribution in [-0.4, -0.2) is 80.7 Å². The Morgan fingerprint density at radius 3 is 1.91 bits per heavy atom. The minimum atomic E-state index is -3.67. The van der Waals surface area contributed by atoms with Crippen LogP contribution in [0.25, 0.3) is 0 Å². The van der Waals surface area contributed by atoms with Crippen LogP contribution in [-0.2, 0) is 33.9 Å². The smallest absolute Gasteiger partial charge is 0.408 e. The molecule has 46 heavy (non-hydrogen) atoms. The van der Waals surface area contributed by atoms with Crippen LogP contribution in [0.2, 0.25) is 0 Å². The Hall–Kier alpha value is -4.10. The van der Waals surface area contributed by atoms with Gasteiger partial charge >= 0.3 is 18.0 Å². The molecule has 0 aliphatic carbocycles. The van der Waals surface area contributed by atoms with Gasteiger partial charge in [0.25, 0.3) is 10.1 Å². The van der Waals surface area contributed by atoms with Gasteiger partial charge in [-0.2, -0.15) is 8.42 Å². The van der Waals surface area contributed by atoms with Gasteiger partial charge in [0.15, 0.2) is 5.78 Å². The molecule has 2 N–H and O–H groups in total. The SMILES string of the molecule is C.COC(=O)[C@@H]1CCC(c2ccc(C)cc2)=N1.COC(=O)[C@H](CCC(=O)c1ccc(C)cc1)NC(=O)OC(C)(C)C.CS(=O)(=O)O. The first-order valence-electron chi connectivity index (χ1n) is 14.1. The van der Waals surface area contributed by atoms with Crippen LogP contribution in [0.1, 0.15) is 80.9 Å². The largest absolute Gasteiger partial charge is 0.467 e. The van der Waals surface area contributed by atoms with Crippen LogP contribution < -0.4 is 5.32 Å². The van der Waals surface area contributed by atoms with Crippen molar-refractivity contribution in [2.75, 3.05) is 20.5 Å². The number of benzene rings is 2. The van der Waals surface area contributed by atoms with Crippen molar-refractivity contribution < 1.29 is 46.4 Å². The minimum absolute atomic E-state index is 0. The lowest BCUT2D eigenvalue weighted by atomic mass is 10.0. The zero-order valence-electron chi connectivity index (χ0n) is 27.1. The van der Waals surface area contributed by atoms with E-state index in [1.54, 1.807) is 32.9 Å². The number of carbonyl (C=O) groups excluding carboxylic acids is 4. The lowest BCUT2D eigenvalue weighted by Crippen LogP contribution is -2.44. The molecule has 1 amide bonds. The van der Waals surface area contributed by atoms with Crippen LogP contribution in [0.15, 0.2) is 53.5 Å². The third-order valence-corrected chi connectivity index (χ3v) is 6.03. The number of hydrogen-bond acceptors (Lipinski definition) is 10. The molecule has 2 aromatic carbocycles. The molecule has 0 fully saturated rings. The van der Waals surface area contributed by atoms with Crippen molar-refractivity contribution in [2.45, 2.75) is 85.4 Å². The summed E-state index contributed by atoms with van der Waals surface area (Å²) in [5.41, 5.74) is 4.30. The highest BCUT2D eigenvalue weighted by Crippen LogP contribution is 2.20. The predicted molar refractivity (Wildman–Crippen MR) is 177 cm³/mol. The standard InChI is InChI=1S/C18H25NO5.C13H15NO2.CH4O3S.CH4/c1-12-6-8-13(9-7-12)15(20)11-10-14(16(21)23-5)19-17(22)24-18(2,3)4;1-9-3-5-10(6-4-9)11-7-8-12(14-11)13(15)16-2;1-5(2,3)4;/h6-9,14H,10-11H2,1-5H3,(H,19,22);3-6,12H,7-8H2,1-2H3;1H3,(H,2,3,4);1H4/t14-;12-;;/m00../s1. The summed E-state index contributed by atoms with van der Waals surface area (Å²) >= 11 is 0. The van der Waals surface area contributed by atoms with Crippen LogP contribution in [0.3, 0.4) is 0 Å².